The quantitative estimate of drug-likeness (QED) is 0.434. The number of carbonyl (C=O) groups is 1. The van der Waals surface area contributed by atoms with Gasteiger partial charge in [-0.05, 0) is 42.8 Å². The molecule has 2 heterocycles. The monoisotopic (exact) mass is 411 g/mol. The minimum absolute atomic E-state index is 0.0415. The predicted octanol–water partition coefficient (Wildman–Crippen LogP) is 5.17. The van der Waals surface area contributed by atoms with Crippen molar-refractivity contribution < 1.29 is 13.6 Å². The van der Waals surface area contributed by atoms with Gasteiger partial charge in [-0.1, -0.05) is 6.07 Å². The zero-order valence-corrected chi connectivity index (χ0v) is 16.0. The van der Waals surface area contributed by atoms with E-state index in [-0.39, 0.29) is 17.2 Å². The first kappa shape index (κ1) is 18.8. The zero-order valence-electron chi connectivity index (χ0n) is 15.2. The molecule has 0 spiro atoms. The number of amides is 2. The number of benzene rings is 2. The second-order valence-corrected chi connectivity index (χ2v) is 7.20. The number of aromatic nitrogens is 2. The van der Waals surface area contributed by atoms with E-state index in [0.29, 0.717) is 21.3 Å². The number of nitrogen functional groups attached to an aromatic ring is 1. The van der Waals surface area contributed by atoms with E-state index in [0.717, 1.165) is 5.56 Å². The second kappa shape index (κ2) is 7.44. The Morgan fingerprint density at radius 3 is 2.66 bits per heavy atom. The molecule has 0 fully saturated rings. The lowest BCUT2D eigenvalue weighted by Gasteiger charge is -2.10. The molecule has 0 unspecified atom stereocenters. The lowest BCUT2D eigenvalue weighted by atomic mass is 10.0. The minimum atomic E-state index is -0.680. The molecule has 0 radical (unpaired) electrons. The number of thiophene rings is 1. The number of rotatable bonds is 3. The van der Waals surface area contributed by atoms with Crippen molar-refractivity contribution in [2.75, 3.05) is 16.4 Å². The van der Waals surface area contributed by atoms with E-state index in [9.17, 15) is 13.6 Å². The summed E-state index contributed by atoms with van der Waals surface area (Å²) < 4.78 is 28.5. The van der Waals surface area contributed by atoms with Crippen LogP contribution in [0.1, 0.15) is 5.56 Å². The third-order valence-electron chi connectivity index (χ3n) is 4.29. The number of halogens is 2. The maximum atomic E-state index is 14.8. The first-order valence-electron chi connectivity index (χ1n) is 8.54. The molecule has 0 aliphatic heterocycles. The molecule has 0 saturated carbocycles. The number of anilines is 3. The predicted molar refractivity (Wildman–Crippen MR) is 111 cm³/mol. The van der Waals surface area contributed by atoms with Crippen LogP contribution in [0.3, 0.4) is 0 Å². The number of urea groups is 1. The van der Waals surface area contributed by atoms with Crippen molar-refractivity contribution in [3.63, 3.8) is 0 Å². The first-order chi connectivity index (χ1) is 13.9. The van der Waals surface area contributed by atoms with Crippen molar-refractivity contribution in [1.29, 1.82) is 0 Å². The third kappa shape index (κ3) is 3.72. The van der Waals surface area contributed by atoms with Crippen LogP contribution in [0.25, 0.3) is 21.3 Å². The van der Waals surface area contributed by atoms with Crippen LogP contribution in [-0.2, 0) is 0 Å². The Morgan fingerprint density at radius 2 is 1.86 bits per heavy atom. The molecule has 0 aliphatic carbocycles. The van der Waals surface area contributed by atoms with Gasteiger partial charge in [-0.2, -0.15) is 0 Å². The van der Waals surface area contributed by atoms with E-state index in [4.69, 9.17) is 5.73 Å². The van der Waals surface area contributed by atoms with Crippen LogP contribution in [-0.4, -0.2) is 16.0 Å². The topological polar surface area (TPSA) is 92.9 Å². The van der Waals surface area contributed by atoms with Gasteiger partial charge in [0.1, 0.15) is 28.6 Å². The molecule has 2 amide bonds. The van der Waals surface area contributed by atoms with Crippen molar-refractivity contribution in [3.05, 3.63) is 65.3 Å². The summed E-state index contributed by atoms with van der Waals surface area (Å²) in [5, 5.41) is 7.26. The van der Waals surface area contributed by atoms with Gasteiger partial charge >= 0.3 is 6.03 Å². The highest BCUT2D eigenvalue weighted by Crippen LogP contribution is 2.37. The molecule has 4 N–H and O–H groups in total. The first-order valence-corrected chi connectivity index (χ1v) is 9.42. The van der Waals surface area contributed by atoms with Gasteiger partial charge in [0.25, 0.3) is 0 Å². The fourth-order valence-corrected chi connectivity index (χ4v) is 3.84. The number of hydrogen-bond acceptors (Lipinski definition) is 5. The molecule has 6 nitrogen and oxygen atoms in total. The maximum absolute atomic E-state index is 14.8. The summed E-state index contributed by atoms with van der Waals surface area (Å²) in [6, 6.07) is 7.96. The molecule has 0 saturated heterocycles. The van der Waals surface area contributed by atoms with Gasteiger partial charge in [0.05, 0.1) is 11.1 Å². The Labute approximate surface area is 168 Å². The van der Waals surface area contributed by atoms with Crippen molar-refractivity contribution >= 4 is 44.8 Å². The summed E-state index contributed by atoms with van der Waals surface area (Å²) in [7, 11) is 0. The molecule has 2 aromatic carbocycles. The third-order valence-corrected chi connectivity index (χ3v) is 5.17. The summed E-state index contributed by atoms with van der Waals surface area (Å²) in [5.74, 6) is -0.837. The molecular formula is C20H15F2N5OS. The molecule has 9 heteroatoms. The lowest BCUT2D eigenvalue weighted by molar-refractivity contribution is 0.262. The standard InChI is InChI=1S/C20H15F2N5OS/c1-10-2-5-14(21)16(6-10)27-20(28)26-11-3-4-12(15(22)7-11)13-8-29-19-17(13)18(23)24-9-25-19/h2-9H,1H3,(H2,23,24,25)(H2,26,27,28). The van der Waals surface area contributed by atoms with Gasteiger partial charge in [-0.3, -0.25) is 0 Å². The van der Waals surface area contributed by atoms with Gasteiger partial charge in [-0.15, -0.1) is 11.3 Å². The number of carbonyl (C=O) groups excluding carboxylic acids is 1. The SMILES string of the molecule is Cc1ccc(F)c(NC(=O)Nc2ccc(-c3csc4ncnc(N)c34)c(F)c2)c1. The summed E-state index contributed by atoms with van der Waals surface area (Å²) in [6.45, 7) is 1.78. The van der Waals surface area contributed by atoms with Crippen LogP contribution in [0.15, 0.2) is 48.1 Å². The van der Waals surface area contributed by atoms with Crippen LogP contribution >= 0.6 is 11.3 Å². The number of nitrogens with one attached hydrogen (secondary N) is 2. The van der Waals surface area contributed by atoms with Crippen LogP contribution in [0, 0.1) is 18.6 Å². The van der Waals surface area contributed by atoms with Gasteiger partial charge < -0.3 is 16.4 Å². The Morgan fingerprint density at radius 1 is 1.03 bits per heavy atom. The van der Waals surface area contributed by atoms with E-state index < -0.39 is 17.7 Å². The Bertz CT molecular complexity index is 1240. The number of fused-ring (bicyclic) bond motifs is 1. The molecule has 4 aromatic rings. The molecular weight excluding hydrogens is 396 g/mol. The van der Waals surface area contributed by atoms with Crippen molar-refractivity contribution in [3.8, 4) is 11.1 Å². The molecule has 0 bridgehead atoms. The van der Waals surface area contributed by atoms with Gasteiger partial charge in [0.15, 0.2) is 0 Å². The molecule has 0 aliphatic rings. The molecule has 146 valence electrons. The molecule has 29 heavy (non-hydrogen) atoms. The molecule has 0 atom stereocenters. The van der Waals surface area contributed by atoms with E-state index in [1.54, 1.807) is 24.4 Å². The van der Waals surface area contributed by atoms with Gasteiger partial charge in [-0.25, -0.2) is 23.5 Å². The van der Waals surface area contributed by atoms with Crippen LogP contribution in [0.2, 0.25) is 0 Å². The lowest BCUT2D eigenvalue weighted by Crippen LogP contribution is -2.20. The number of nitrogens with zero attached hydrogens (tertiary/aromatic N) is 2. The van der Waals surface area contributed by atoms with E-state index in [1.807, 2.05) is 0 Å². The molecule has 2 aromatic heterocycles. The second-order valence-electron chi connectivity index (χ2n) is 6.35. The zero-order chi connectivity index (χ0) is 20.5. The van der Waals surface area contributed by atoms with E-state index >= 15 is 0 Å². The number of aryl methyl sites for hydroxylation is 1. The van der Waals surface area contributed by atoms with E-state index in [1.165, 1.54) is 41.9 Å². The van der Waals surface area contributed by atoms with Gasteiger partial charge in [0, 0.05) is 22.2 Å². The fourth-order valence-electron chi connectivity index (χ4n) is 2.93. The van der Waals surface area contributed by atoms with Gasteiger partial charge in [0.2, 0.25) is 0 Å². The highest BCUT2D eigenvalue weighted by molar-refractivity contribution is 7.17. The Hall–Kier alpha value is -3.59. The van der Waals surface area contributed by atoms with Crippen molar-refractivity contribution in [2.24, 2.45) is 0 Å². The Kier molecular flexibility index (Phi) is 4.81. The summed E-state index contributed by atoms with van der Waals surface area (Å²) in [6.07, 6.45) is 1.36. The van der Waals surface area contributed by atoms with Crippen molar-refractivity contribution in [2.45, 2.75) is 6.92 Å². The summed E-state index contributed by atoms with van der Waals surface area (Å²) in [4.78, 5) is 20.9. The largest absolute Gasteiger partial charge is 0.383 e. The highest BCUT2D eigenvalue weighted by Gasteiger charge is 2.15. The number of nitrogens with two attached hydrogens (primary N) is 1. The smallest absolute Gasteiger partial charge is 0.323 e. The number of hydrogen-bond donors (Lipinski definition) is 3. The van der Waals surface area contributed by atoms with Crippen molar-refractivity contribution in [1.82, 2.24) is 9.97 Å². The van der Waals surface area contributed by atoms with E-state index in [2.05, 4.69) is 20.6 Å². The summed E-state index contributed by atoms with van der Waals surface area (Å²) in [5.41, 5.74) is 7.87. The average Bonchev–Trinajstić information content (AvgIpc) is 3.10. The van der Waals surface area contributed by atoms with Crippen LogP contribution in [0.5, 0.6) is 0 Å². The normalized spacial score (nSPS) is 10.9. The fraction of sp³-hybridized carbons (Fsp3) is 0.0500. The minimum Gasteiger partial charge on any atom is -0.383 e. The highest BCUT2D eigenvalue weighted by atomic mass is 32.1. The Balaban J connectivity index is 1.57. The molecule has 4 rings (SSSR count). The average molecular weight is 411 g/mol. The summed E-state index contributed by atoms with van der Waals surface area (Å²) >= 11 is 1.34. The van der Waals surface area contributed by atoms with Crippen LogP contribution < -0.4 is 16.4 Å². The maximum Gasteiger partial charge on any atom is 0.323 e. The van der Waals surface area contributed by atoms with Crippen LogP contribution in [0.4, 0.5) is 30.8 Å².